The first kappa shape index (κ1) is 12.2. The van der Waals surface area contributed by atoms with Gasteiger partial charge in [0.15, 0.2) is 5.82 Å². The number of hydrogen-bond donors (Lipinski definition) is 0. The summed E-state index contributed by atoms with van der Waals surface area (Å²) in [5.41, 5.74) is 0.943. The Hall–Kier alpha value is -2.61. The average Bonchev–Trinajstić information content (AvgIpc) is 2.99. The number of ether oxygens (including phenoxy) is 1. The van der Waals surface area contributed by atoms with Crippen LogP contribution in [0.25, 0.3) is 17.2 Å². The average molecular weight is 283 g/mol. The van der Waals surface area contributed by atoms with E-state index in [1.54, 1.807) is 4.52 Å². The maximum absolute atomic E-state index is 5.34. The molecule has 0 N–H and O–H groups in total. The summed E-state index contributed by atoms with van der Waals surface area (Å²) in [6, 6.07) is 9.79. The van der Waals surface area contributed by atoms with Crippen LogP contribution < -0.4 is 4.90 Å². The van der Waals surface area contributed by atoms with E-state index in [0.717, 1.165) is 18.7 Å². The summed E-state index contributed by atoms with van der Waals surface area (Å²) in [6.07, 6.45) is 0. The molecular weight excluding hydrogens is 270 g/mol. The summed E-state index contributed by atoms with van der Waals surface area (Å²) in [4.78, 5) is 2.05. The van der Waals surface area contributed by atoms with Crippen molar-refractivity contribution in [2.75, 3.05) is 31.2 Å². The Morgan fingerprint density at radius 1 is 0.905 bits per heavy atom. The lowest BCUT2D eigenvalue weighted by atomic mass is 10.2. The van der Waals surface area contributed by atoms with Crippen molar-refractivity contribution in [3.8, 4) is 11.4 Å². The van der Waals surface area contributed by atoms with Crippen molar-refractivity contribution in [1.82, 2.24) is 30.0 Å². The summed E-state index contributed by atoms with van der Waals surface area (Å²) >= 11 is 0. The Kier molecular flexibility index (Phi) is 2.93. The molecule has 3 heterocycles. The Bertz CT molecular complexity index is 752. The van der Waals surface area contributed by atoms with Crippen LogP contribution in [0.15, 0.2) is 30.3 Å². The topological polar surface area (TPSA) is 81.3 Å². The second kappa shape index (κ2) is 5.06. The molecule has 0 atom stereocenters. The first-order valence-corrected chi connectivity index (χ1v) is 6.76. The van der Waals surface area contributed by atoms with Crippen molar-refractivity contribution in [1.29, 1.82) is 0 Å². The summed E-state index contributed by atoms with van der Waals surface area (Å²) in [5, 5.41) is 20.9. The normalized spacial score (nSPS) is 15.5. The number of aromatic nitrogens is 6. The lowest BCUT2D eigenvalue weighted by molar-refractivity contribution is 0.122. The molecule has 0 bridgehead atoms. The highest BCUT2D eigenvalue weighted by Crippen LogP contribution is 2.17. The molecule has 1 fully saturated rings. The van der Waals surface area contributed by atoms with Gasteiger partial charge in [0.2, 0.25) is 0 Å². The van der Waals surface area contributed by atoms with E-state index >= 15 is 0 Å². The second-order valence-electron chi connectivity index (χ2n) is 4.70. The van der Waals surface area contributed by atoms with Crippen molar-refractivity contribution in [2.24, 2.45) is 0 Å². The van der Waals surface area contributed by atoms with E-state index in [1.807, 2.05) is 35.2 Å². The van der Waals surface area contributed by atoms with Crippen molar-refractivity contribution in [2.45, 2.75) is 0 Å². The molecule has 0 saturated carbocycles. The predicted molar refractivity (Wildman–Crippen MR) is 74.8 cm³/mol. The first-order valence-electron chi connectivity index (χ1n) is 6.76. The van der Waals surface area contributed by atoms with Crippen LogP contribution in [0.4, 0.5) is 5.95 Å². The third-order valence-electron chi connectivity index (χ3n) is 3.37. The number of fused-ring (bicyclic) bond motifs is 1. The van der Waals surface area contributed by atoms with Crippen LogP contribution in [0.2, 0.25) is 0 Å². The van der Waals surface area contributed by atoms with Crippen molar-refractivity contribution < 1.29 is 4.74 Å². The third-order valence-corrected chi connectivity index (χ3v) is 3.37. The fourth-order valence-corrected chi connectivity index (χ4v) is 2.28. The Labute approximate surface area is 120 Å². The van der Waals surface area contributed by atoms with Gasteiger partial charge < -0.3 is 9.64 Å². The van der Waals surface area contributed by atoms with E-state index in [0.29, 0.717) is 30.8 Å². The molecular formula is C13H13N7O. The molecule has 0 aliphatic carbocycles. The van der Waals surface area contributed by atoms with Crippen molar-refractivity contribution >= 4 is 11.7 Å². The van der Waals surface area contributed by atoms with E-state index in [9.17, 15) is 0 Å². The maximum Gasteiger partial charge on any atom is 0.291 e. The molecule has 4 rings (SSSR count). The standard InChI is InChI=1S/C13H13N7O/c1-2-4-10(5-3-1)11-14-15-12-16-17-13(18-20(11)12)19-6-8-21-9-7-19/h1-5H,6-9H2. The lowest BCUT2D eigenvalue weighted by Crippen LogP contribution is -2.37. The zero-order chi connectivity index (χ0) is 14.1. The molecule has 21 heavy (non-hydrogen) atoms. The van der Waals surface area contributed by atoms with Gasteiger partial charge >= 0.3 is 0 Å². The highest BCUT2D eigenvalue weighted by atomic mass is 16.5. The van der Waals surface area contributed by atoms with Crippen molar-refractivity contribution in [3.63, 3.8) is 0 Å². The van der Waals surface area contributed by atoms with Crippen LogP contribution in [0.1, 0.15) is 0 Å². The SMILES string of the molecule is c1ccc(-c2nnc3nnc(N4CCOCC4)nn23)cc1. The van der Waals surface area contributed by atoms with E-state index in [4.69, 9.17) is 4.74 Å². The molecule has 0 unspecified atom stereocenters. The Morgan fingerprint density at radius 3 is 2.48 bits per heavy atom. The van der Waals surface area contributed by atoms with Gasteiger partial charge in [0, 0.05) is 18.7 Å². The van der Waals surface area contributed by atoms with E-state index < -0.39 is 0 Å². The third kappa shape index (κ3) is 2.19. The summed E-state index contributed by atoms with van der Waals surface area (Å²) < 4.78 is 6.97. The van der Waals surface area contributed by atoms with Crippen molar-refractivity contribution in [3.05, 3.63) is 30.3 Å². The zero-order valence-corrected chi connectivity index (χ0v) is 11.3. The monoisotopic (exact) mass is 283 g/mol. The fraction of sp³-hybridized carbons (Fsp3) is 0.308. The quantitative estimate of drug-likeness (QED) is 0.674. The molecule has 8 heteroatoms. The number of benzene rings is 1. The number of anilines is 1. The molecule has 1 saturated heterocycles. The Balaban J connectivity index is 1.79. The van der Waals surface area contributed by atoms with Crippen LogP contribution in [0.3, 0.4) is 0 Å². The fourth-order valence-electron chi connectivity index (χ4n) is 2.28. The van der Waals surface area contributed by atoms with E-state index in [2.05, 4.69) is 25.5 Å². The maximum atomic E-state index is 5.34. The highest BCUT2D eigenvalue weighted by Gasteiger charge is 2.17. The molecule has 8 nitrogen and oxygen atoms in total. The summed E-state index contributed by atoms with van der Waals surface area (Å²) in [5.74, 6) is 1.63. The lowest BCUT2D eigenvalue weighted by Gasteiger charge is -2.25. The van der Waals surface area contributed by atoms with Gasteiger partial charge in [0.05, 0.1) is 13.2 Å². The highest BCUT2D eigenvalue weighted by molar-refractivity contribution is 5.57. The number of hydrogen-bond acceptors (Lipinski definition) is 7. The Morgan fingerprint density at radius 2 is 1.67 bits per heavy atom. The molecule has 106 valence electrons. The van der Waals surface area contributed by atoms with E-state index in [-0.39, 0.29) is 0 Å². The van der Waals surface area contributed by atoms with Gasteiger partial charge in [-0.25, -0.2) is 0 Å². The first-order chi connectivity index (χ1) is 10.4. The summed E-state index contributed by atoms with van der Waals surface area (Å²) in [7, 11) is 0. The van der Waals surface area contributed by atoms with Crippen LogP contribution in [0, 0.1) is 0 Å². The number of nitrogens with zero attached hydrogens (tertiary/aromatic N) is 7. The van der Waals surface area contributed by atoms with Crippen LogP contribution in [0.5, 0.6) is 0 Å². The van der Waals surface area contributed by atoms with Crippen LogP contribution >= 0.6 is 0 Å². The molecule has 1 aliphatic rings. The minimum atomic E-state index is 0.394. The van der Waals surface area contributed by atoms with Gasteiger partial charge in [-0.2, -0.15) is 4.52 Å². The minimum Gasteiger partial charge on any atom is -0.378 e. The predicted octanol–water partition coefficient (Wildman–Crippen LogP) is 0.418. The van der Waals surface area contributed by atoms with Gasteiger partial charge in [0.25, 0.3) is 11.7 Å². The van der Waals surface area contributed by atoms with Gasteiger partial charge in [-0.1, -0.05) is 30.3 Å². The van der Waals surface area contributed by atoms with Gasteiger partial charge in [-0.05, 0) is 0 Å². The largest absolute Gasteiger partial charge is 0.378 e. The smallest absolute Gasteiger partial charge is 0.291 e. The summed E-state index contributed by atoms with van der Waals surface area (Å²) in [6.45, 7) is 2.87. The molecule has 0 radical (unpaired) electrons. The number of rotatable bonds is 2. The van der Waals surface area contributed by atoms with E-state index in [1.165, 1.54) is 0 Å². The molecule has 0 amide bonds. The second-order valence-corrected chi connectivity index (χ2v) is 4.70. The van der Waals surface area contributed by atoms with Crippen LogP contribution in [-0.4, -0.2) is 56.3 Å². The molecule has 3 aromatic rings. The molecule has 1 aromatic carbocycles. The zero-order valence-electron chi connectivity index (χ0n) is 11.3. The molecule has 2 aromatic heterocycles. The van der Waals surface area contributed by atoms with Gasteiger partial charge in [0.1, 0.15) is 0 Å². The van der Waals surface area contributed by atoms with Crippen LogP contribution in [-0.2, 0) is 4.74 Å². The molecule has 0 spiro atoms. The van der Waals surface area contributed by atoms with Gasteiger partial charge in [-0.15, -0.1) is 25.5 Å². The molecule has 1 aliphatic heterocycles. The van der Waals surface area contributed by atoms with Gasteiger partial charge in [-0.3, -0.25) is 0 Å². The minimum absolute atomic E-state index is 0.394. The number of morpholine rings is 1.